The molecule has 0 atom stereocenters. The van der Waals surface area contributed by atoms with Gasteiger partial charge in [-0.3, -0.25) is 10.5 Å². The summed E-state index contributed by atoms with van der Waals surface area (Å²) >= 11 is 9.53. The first-order chi connectivity index (χ1) is 2.94. The van der Waals surface area contributed by atoms with Crippen molar-refractivity contribution in [2.45, 2.75) is 4.81 Å². The van der Waals surface area contributed by atoms with Gasteiger partial charge in [0.25, 0.3) is 5.91 Å². The highest BCUT2D eigenvalue weighted by molar-refractivity contribution is 6.53. The lowest BCUT2D eigenvalue weighted by atomic mass is 10.8. The van der Waals surface area contributed by atoms with Crippen LogP contribution in [0.25, 0.3) is 0 Å². The molecule has 35 valence electrons. The Kier molecular flexibility index (Phi) is 1.59. The van der Waals surface area contributed by atoms with Crippen molar-refractivity contribution in [1.29, 1.82) is 0 Å². The highest BCUT2D eigenvalue weighted by Crippen LogP contribution is 1.98. The topological polar surface area (TPSA) is 40.9 Å². The van der Waals surface area contributed by atoms with Gasteiger partial charge in [-0.15, -0.1) is 0 Å². The Morgan fingerprint density at radius 2 is 2.17 bits per heavy atom. The lowest BCUT2D eigenvalue weighted by molar-refractivity contribution is -0.117. The van der Waals surface area contributed by atoms with Crippen LogP contribution in [0, 0.1) is 0 Å². The second-order valence-corrected chi connectivity index (χ2v) is 1.54. The molecule has 0 saturated carbocycles. The first kappa shape index (κ1) is 4.22. The van der Waals surface area contributed by atoms with E-state index in [0.717, 1.165) is 0 Å². The van der Waals surface area contributed by atoms with Gasteiger partial charge < -0.3 is 0 Å². The van der Waals surface area contributed by atoms with Crippen LogP contribution in [-0.2, 0) is 4.79 Å². The SMILES string of the molecule is [2H]C(Cl)(Cl)C([NH])=O. The van der Waals surface area contributed by atoms with Crippen molar-refractivity contribution in [1.82, 2.24) is 5.73 Å². The van der Waals surface area contributed by atoms with Crippen molar-refractivity contribution in [2.24, 2.45) is 0 Å². The smallest absolute Gasteiger partial charge is 0.270 e. The van der Waals surface area contributed by atoms with E-state index < -0.39 is 10.7 Å². The molecule has 0 aromatic heterocycles. The van der Waals surface area contributed by atoms with Crippen LogP contribution in [0.5, 0.6) is 0 Å². The average molecular weight is 128 g/mol. The molecular formula is C2H2Cl2NO. The van der Waals surface area contributed by atoms with Gasteiger partial charge in [0.15, 0.2) is 4.81 Å². The second-order valence-electron chi connectivity index (χ2n) is 0.590. The zero-order valence-electron chi connectivity index (χ0n) is 3.66. The van der Waals surface area contributed by atoms with E-state index >= 15 is 0 Å². The largest absolute Gasteiger partial charge is 0.271 e. The number of nitrogens with one attached hydrogen (secondary N) is 1. The first-order valence-corrected chi connectivity index (χ1v) is 1.84. The lowest BCUT2D eigenvalue weighted by Crippen LogP contribution is -2.06. The zero-order valence-corrected chi connectivity index (χ0v) is 4.18. The minimum atomic E-state index is -2.28. The normalized spacial score (nSPS) is 13.3. The van der Waals surface area contributed by atoms with Crippen LogP contribution in [0.4, 0.5) is 0 Å². The third kappa shape index (κ3) is 2.30. The standard InChI is InChI=1S/C2H2Cl2NO/c3-1(4)2(5)6/h1,5H/i1D. The third-order valence-corrected chi connectivity index (χ3v) is 0.515. The number of hydrogen-bond acceptors (Lipinski definition) is 1. The van der Waals surface area contributed by atoms with Crippen LogP contribution in [0.3, 0.4) is 0 Å². The molecule has 1 N–H and O–H groups in total. The monoisotopic (exact) mass is 127 g/mol. The van der Waals surface area contributed by atoms with Crippen molar-refractivity contribution in [3.05, 3.63) is 0 Å². The summed E-state index contributed by atoms with van der Waals surface area (Å²) in [5.74, 6) is -1.31. The molecule has 4 heteroatoms. The summed E-state index contributed by atoms with van der Waals surface area (Å²) in [6, 6.07) is 0. The van der Waals surface area contributed by atoms with E-state index in [4.69, 9.17) is 30.3 Å². The van der Waals surface area contributed by atoms with Crippen LogP contribution in [-0.4, -0.2) is 10.7 Å². The Balaban J connectivity index is 3.79. The molecule has 0 heterocycles. The molecule has 0 aromatic carbocycles. The van der Waals surface area contributed by atoms with Gasteiger partial charge >= 0.3 is 0 Å². The number of halogens is 2. The summed E-state index contributed by atoms with van der Waals surface area (Å²) in [6.07, 6.45) is 0. The summed E-state index contributed by atoms with van der Waals surface area (Å²) in [5.41, 5.74) is 6.14. The summed E-state index contributed by atoms with van der Waals surface area (Å²) in [5, 5.41) is 0. The zero-order chi connectivity index (χ0) is 6.08. The molecule has 0 aromatic rings. The molecule has 0 aliphatic rings. The molecular weight excluding hydrogens is 125 g/mol. The van der Waals surface area contributed by atoms with Crippen molar-refractivity contribution in [3.8, 4) is 0 Å². The van der Waals surface area contributed by atoms with Crippen LogP contribution >= 0.6 is 23.2 Å². The molecule has 2 nitrogen and oxygen atoms in total. The molecule has 0 saturated heterocycles. The average Bonchev–Trinajstić information content (AvgIpc) is 1.31. The van der Waals surface area contributed by atoms with E-state index in [2.05, 4.69) is 0 Å². The lowest BCUT2D eigenvalue weighted by Gasteiger charge is -1.83. The number of carbonyl (C=O) groups is 1. The number of alkyl halides is 2. The Labute approximate surface area is 46.6 Å². The maximum atomic E-state index is 9.68. The van der Waals surface area contributed by atoms with Gasteiger partial charge in [-0.1, -0.05) is 23.2 Å². The van der Waals surface area contributed by atoms with Gasteiger partial charge in [0.2, 0.25) is 0 Å². The molecule has 0 rings (SSSR count). The molecule has 0 fully saturated rings. The molecule has 0 bridgehead atoms. The summed E-state index contributed by atoms with van der Waals surface area (Å²) in [7, 11) is 0. The van der Waals surface area contributed by atoms with Crippen LogP contribution in [0.2, 0.25) is 0 Å². The van der Waals surface area contributed by atoms with E-state index in [-0.39, 0.29) is 0 Å². The highest BCUT2D eigenvalue weighted by Gasteiger charge is 2.03. The summed E-state index contributed by atoms with van der Waals surface area (Å²) < 4.78 is 6.38. The predicted molar refractivity (Wildman–Crippen MR) is 23.6 cm³/mol. The molecule has 0 aliphatic heterocycles. The van der Waals surface area contributed by atoms with Gasteiger partial charge in [-0.25, -0.2) is 0 Å². The third-order valence-electron chi connectivity index (χ3n) is 0.172. The van der Waals surface area contributed by atoms with E-state index in [1.807, 2.05) is 0 Å². The Morgan fingerprint density at radius 1 is 2.00 bits per heavy atom. The van der Waals surface area contributed by atoms with E-state index in [1.54, 1.807) is 0 Å². The van der Waals surface area contributed by atoms with Gasteiger partial charge in [-0.2, -0.15) is 0 Å². The number of carbonyl (C=O) groups excluding carboxylic acids is 1. The van der Waals surface area contributed by atoms with Gasteiger partial charge in [-0.05, 0) is 0 Å². The predicted octanol–water partition coefficient (Wildman–Crippen LogP) is 0.600. The first-order valence-electron chi connectivity index (χ1n) is 1.58. The van der Waals surface area contributed by atoms with E-state index in [0.29, 0.717) is 0 Å². The summed E-state index contributed by atoms with van der Waals surface area (Å²) in [4.78, 5) is 7.40. The quantitative estimate of drug-likeness (QED) is 0.476. The van der Waals surface area contributed by atoms with Crippen molar-refractivity contribution >= 4 is 29.1 Å². The van der Waals surface area contributed by atoms with E-state index in [1.165, 1.54) is 0 Å². The van der Waals surface area contributed by atoms with Gasteiger partial charge in [0.1, 0.15) is 0 Å². The number of amides is 1. The Hall–Kier alpha value is 0.0500. The molecule has 0 aliphatic carbocycles. The Bertz CT molecular complexity index is 88.2. The fourth-order valence-corrected chi connectivity index (χ4v) is 0. The molecule has 6 heavy (non-hydrogen) atoms. The Morgan fingerprint density at radius 3 is 2.17 bits per heavy atom. The minimum absolute atomic E-state index is 1.31. The molecule has 0 unspecified atom stereocenters. The second kappa shape index (κ2) is 2.26. The van der Waals surface area contributed by atoms with Gasteiger partial charge in [0.05, 0.1) is 1.37 Å². The van der Waals surface area contributed by atoms with Crippen LogP contribution < -0.4 is 5.73 Å². The van der Waals surface area contributed by atoms with Crippen molar-refractivity contribution in [2.75, 3.05) is 0 Å². The van der Waals surface area contributed by atoms with Crippen molar-refractivity contribution in [3.63, 3.8) is 0 Å². The molecule has 1 amide bonds. The molecule has 0 spiro atoms. The minimum Gasteiger partial charge on any atom is -0.270 e. The number of hydrogen-bond donors (Lipinski definition) is 0. The maximum absolute atomic E-state index is 9.68. The van der Waals surface area contributed by atoms with E-state index in [9.17, 15) is 4.79 Å². The van der Waals surface area contributed by atoms with Crippen LogP contribution in [0.15, 0.2) is 0 Å². The highest BCUT2D eigenvalue weighted by atomic mass is 35.5. The summed E-state index contributed by atoms with van der Waals surface area (Å²) in [6.45, 7) is 0. The van der Waals surface area contributed by atoms with Gasteiger partial charge in [0, 0.05) is 0 Å². The number of rotatable bonds is 1. The molecule has 1 radical (unpaired) electrons. The fourth-order valence-electron chi connectivity index (χ4n) is 0. The maximum Gasteiger partial charge on any atom is 0.271 e. The van der Waals surface area contributed by atoms with Crippen LogP contribution in [0.1, 0.15) is 1.37 Å². The fraction of sp³-hybridized carbons (Fsp3) is 0.500. The van der Waals surface area contributed by atoms with Crippen molar-refractivity contribution < 1.29 is 6.17 Å².